The Morgan fingerprint density at radius 3 is 3.00 bits per heavy atom. The fourth-order valence-corrected chi connectivity index (χ4v) is 4.90. The molecule has 2 aromatic heterocycles. The second-order valence-corrected chi connectivity index (χ2v) is 7.88. The third-order valence-corrected chi connectivity index (χ3v) is 6.20. The van der Waals surface area contributed by atoms with Crippen molar-refractivity contribution >= 4 is 60.8 Å². The van der Waals surface area contributed by atoms with Crippen molar-refractivity contribution in [2.24, 2.45) is 0 Å². The maximum Gasteiger partial charge on any atom is 0.186 e. The Morgan fingerprint density at radius 1 is 1.17 bits per heavy atom. The molecule has 4 aromatic rings. The average Bonchev–Trinajstić information content (AvgIpc) is 3.16. The predicted molar refractivity (Wildman–Crippen MR) is 103 cm³/mol. The summed E-state index contributed by atoms with van der Waals surface area (Å²) in [4.78, 5) is 10.6. The normalized spacial score (nSPS) is 14.5. The molecular weight excluding hydrogens is 361 g/mol. The molecule has 0 atom stereocenters. The number of hydrogen-bond donors (Lipinski definition) is 1. The van der Waals surface area contributed by atoms with Gasteiger partial charge in [0.1, 0.15) is 0 Å². The number of para-hydroxylation sites is 1. The van der Waals surface area contributed by atoms with Crippen LogP contribution in [0, 0.1) is 0 Å². The summed E-state index contributed by atoms with van der Waals surface area (Å²) in [5.41, 5.74) is 4.67. The number of anilines is 1. The Kier molecular flexibility index (Phi) is 3.27. The van der Waals surface area contributed by atoms with Crippen LogP contribution in [0.2, 0.25) is 10.0 Å². The van der Waals surface area contributed by atoms with Gasteiger partial charge in [0, 0.05) is 22.6 Å². The molecule has 0 radical (unpaired) electrons. The lowest BCUT2D eigenvalue weighted by Gasteiger charge is -2.26. The van der Waals surface area contributed by atoms with Crippen LogP contribution in [0.3, 0.4) is 0 Å². The Hall–Kier alpha value is -1.75. The number of thiazole rings is 1. The van der Waals surface area contributed by atoms with Gasteiger partial charge in [-0.3, -0.25) is 0 Å². The van der Waals surface area contributed by atoms with Gasteiger partial charge in [0.25, 0.3) is 0 Å². The molecule has 0 spiro atoms. The molecule has 1 aliphatic rings. The number of nitrogens with one attached hydrogen (secondary N) is 1. The van der Waals surface area contributed by atoms with E-state index < -0.39 is 0 Å². The summed E-state index contributed by atoms with van der Waals surface area (Å²) in [6.45, 7) is 1.79. The summed E-state index contributed by atoms with van der Waals surface area (Å²) < 4.78 is 1.13. The van der Waals surface area contributed by atoms with Crippen molar-refractivity contribution in [2.75, 3.05) is 11.4 Å². The van der Waals surface area contributed by atoms with Crippen molar-refractivity contribution in [3.63, 3.8) is 0 Å². The van der Waals surface area contributed by atoms with E-state index in [-0.39, 0.29) is 0 Å². The van der Waals surface area contributed by atoms with Crippen LogP contribution in [0.25, 0.3) is 21.1 Å². The monoisotopic (exact) mass is 373 g/mol. The van der Waals surface area contributed by atoms with Gasteiger partial charge < -0.3 is 9.88 Å². The third kappa shape index (κ3) is 2.21. The zero-order valence-corrected chi connectivity index (χ0v) is 15.0. The van der Waals surface area contributed by atoms with Gasteiger partial charge in [0.05, 0.1) is 27.3 Å². The number of nitrogens with zero attached hydrogens (tertiary/aromatic N) is 2. The summed E-state index contributed by atoms with van der Waals surface area (Å²) in [6.07, 6.45) is 0.992. The van der Waals surface area contributed by atoms with E-state index in [9.17, 15) is 0 Å². The van der Waals surface area contributed by atoms with Crippen molar-refractivity contribution in [1.29, 1.82) is 0 Å². The number of rotatable bonds is 1. The molecule has 0 saturated heterocycles. The second kappa shape index (κ2) is 5.38. The van der Waals surface area contributed by atoms with Gasteiger partial charge in [0.15, 0.2) is 5.13 Å². The molecule has 5 rings (SSSR count). The van der Waals surface area contributed by atoms with Crippen LogP contribution < -0.4 is 4.90 Å². The Balaban J connectivity index is 1.55. The first kappa shape index (κ1) is 14.6. The summed E-state index contributed by atoms with van der Waals surface area (Å²) in [7, 11) is 0. The lowest BCUT2D eigenvalue weighted by Crippen LogP contribution is -2.29. The van der Waals surface area contributed by atoms with Gasteiger partial charge in [-0.25, -0.2) is 4.98 Å². The number of hydrogen-bond acceptors (Lipinski definition) is 3. The van der Waals surface area contributed by atoms with Gasteiger partial charge in [-0.05, 0) is 36.2 Å². The maximum absolute atomic E-state index is 6.33. The highest BCUT2D eigenvalue weighted by Crippen LogP contribution is 2.36. The molecule has 6 heteroatoms. The first-order valence-electron chi connectivity index (χ1n) is 7.78. The largest absolute Gasteiger partial charge is 0.355 e. The Morgan fingerprint density at radius 2 is 2.08 bits per heavy atom. The molecule has 120 valence electrons. The molecule has 0 bridgehead atoms. The summed E-state index contributed by atoms with van der Waals surface area (Å²) >= 11 is 14.1. The van der Waals surface area contributed by atoms with Gasteiger partial charge >= 0.3 is 0 Å². The number of benzene rings is 2. The van der Waals surface area contributed by atoms with E-state index in [0.717, 1.165) is 50.4 Å². The van der Waals surface area contributed by atoms with E-state index in [1.165, 1.54) is 16.6 Å². The van der Waals surface area contributed by atoms with Crippen molar-refractivity contribution in [2.45, 2.75) is 13.0 Å². The van der Waals surface area contributed by atoms with E-state index >= 15 is 0 Å². The number of aromatic nitrogens is 2. The van der Waals surface area contributed by atoms with Crippen molar-refractivity contribution in [3.05, 3.63) is 57.7 Å². The molecule has 3 nitrogen and oxygen atoms in total. The van der Waals surface area contributed by atoms with Crippen LogP contribution in [-0.2, 0) is 13.0 Å². The average molecular weight is 374 g/mol. The van der Waals surface area contributed by atoms with E-state index in [1.54, 1.807) is 11.3 Å². The van der Waals surface area contributed by atoms with Crippen LogP contribution in [0.15, 0.2) is 36.4 Å². The molecule has 0 fully saturated rings. The maximum atomic E-state index is 6.33. The first-order valence-corrected chi connectivity index (χ1v) is 9.35. The van der Waals surface area contributed by atoms with Crippen LogP contribution in [-0.4, -0.2) is 16.5 Å². The highest BCUT2D eigenvalue weighted by atomic mass is 35.5. The summed E-state index contributed by atoms with van der Waals surface area (Å²) in [5, 5.41) is 3.82. The van der Waals surface area contributed by atoms with Gasteiger partial charge in [-0.1, -0.05) is 46.7 Å². The zero-order chi connectivity index (χ0) is 16.3. The minimum absolute atomic E-state index is 0.754. The van der Waals surface area contributed by atoms with Crippen molar-refractivity contribution in [1.82, 2.24) is 9.97 Å². The fourth-order valence-electron chi connectivity index (χ4n) is 3.41. The fraction of sp³-hybridized carbons (Fsp3) is 0.167. The Labute approximate surface area is 152 Å². The lowest BCUT2D eigenvalue weighted by atomic mass is 10.0. The number of halogens is 2. The van der Waals surface area contributed by atoms with E-state index in [1.807, 2.05) is 30.3 Å². The molecule has 24 heavy (non-hydrogen) atoms. The minimum Gasteiger partial charge on any atom is -0.355 e. The second-order valence-electron chi connectivity index (χ2n) is 6.02. The van der Waals surface area contributed by atoms with Crippen molar-refractivity contribution < 1.29 is 0 Å². The molecule has 3 heterocycles. The molecule has 0 saturated carbocycles. The number of H-pyrrole nitrogens is 1. The number of fused-ring (bicyclic) bond motifs is 4. The minimum atomic E-state index is 0.754. The summed E-state index contributed by atoms with van der Waals surface area (Å²) in [5.74, 6) is 0. The molecular formula is C18H13Cl2N3S. The van der Waals surface area contributed by atoms with Crippen LogP contribution >= 0.6 is 34.5 Å². The molecule has 1 N–H and O–H groups in total. The molecule has 0 unspecified atom stereocenters. The topological polar surface area (TPSA) is 31.9 Å². The first-order chi connectivity index (χ1) is 11.7. The molecule has 1 aliphatic heterocycles. The number of aromatic amines is 1. The van der Waals surface area contributed by atoms with Crippen LogP contribution in [0.5, 0.6) is 0 Å². The highest BCUT2D eigenvalue weighted by molar-refractivity contribution is 7.22. The predicted octanol–water partition coefficient (Wildman–Crippen LogP) is 5.65. The van der Waals surface area contributed by atoms with E-state index in [4.69, 9.17) is 28.2 Å². The molecule has 2 aromatic carbocycles. The van der Waals surface area contributed by atoms with Gasteiger partial charge in [-0.15, -0.1) is 0 Å². The van der Waals surface area contributed by atoms with E-state index in [2.05, 4.69) is 16.0 Å². The lowest BCUT2D eigenvalue weighted by molar-refractivity contribution is 0.722. The van der Waals surface area contributed by atoms with Crippen LogP contribution in [0.4, 0.5) is 5.13 Å². The smallest absolute Gasteiger partial charge is 0.186 e. The third-order valence-electron chi connectivity index (χ3n) is 4.57. The summed E-state index contributed by atoms with van der Waals surface area (Å²) in [6, 6.07) is 11.9. The van der Waals surface area contributed by atoms with Gasteiger partial charge in [0.2, 0.25) is 0 Å². The van der Waals surface area contributed by atoms with E-state index in [0.29, 0.717) is 0 Å². The quantitative estimate of drug-likeness (QED) is 0.467. The highest BCUT2D eigenvalue weighted by Gasteiger charge is 2.23. The zero-order valence-electron chi connectivity index (χ0n) is 12.6. The Bertz CT molecular complexity index is 1080. The molecule has 0 amide bonds. The van der Waals surface area contributed by atoms with Crippen LogP contribution in [0.1, 0.15) is 11.3 Å². The van der Waals surface area contributed by atoms with Gasteiger partial charge in [-0.2, -0.15) is 0 Å². The SMILES string of the molecule is Clc1ccc2nc(N3CCc4c([nH]c5c(Cl)cccc45)C3)sc2c1. The molecule has 0 aliphatic carbocycles. The standard InChI is InChI=1S/C18H13Cl2N3S/c19-10-4-5-14-16(8-10)24-18(22-14)23-7-6-11-12-2-1-3-13(20)17(12)21-15(11)9-23/h1-5,8,21H,6-7,9H2. The van der Waals surface area contributed by atoms with Crippen molar-refractivity contribution in [3.8, 4) is 0 Å².